The number of hydrogen-bond donors (Lipinski definition) is 1. The van der Waals surface area contributed by atoms with E-state index >= 15 is 0 Å². The molecule has 0 radical (unpaired) electrons. The van der Waals surface area contributed by atoms with Gasteiger partial charge in [0.2, 0.25) is 5.95 Å². The Morgan fingerprint density at radius 1 is 1.55 bits per heavy atom. The quantitative estimate of drug-likeness (QED) is 0.655. The van der Waals surface area contributed by atoms with Crippen LogP contribution in [0.3, 0.4) is 0 Å². The first kappa shape index (κ1) is 14.2. The zero-order chi connectivity index (χ0) is 14.9. The SMILES string of the molecule is Cc1nc(N2CC(C)CC(C(=O)O)C2)ncc1[N+](=O)[O-]. The molecule has 108 valence electrons. The van der Waals surface area contributed by atoms with Gasteiger partial charge < -0.3 is 10.0 Å². The maximum atomic E-state index is 11.1. The predicted molar refractivity (Wildman–Crippen MR) is 70.5 cm³/mol. The highest BCUT2D eigenvalue weighted by Crippen LogP contribution is 2.26. The number of anilines is 1. The lowest BCUT2D eigenvalue weighted by Gasteiger charge is -2.34. The van der Waals surface area contributed by atoms with Crippen LogP contribution in [-0.2, 0) is 4.79 Å². The second-order valence-electron chi connectivity index (χ2n) is 5.18. The summed E-state index contributed by atoms with van der Waals surface area (Å²) in [5, 5.41) is 19.9. The minimum Gasteiger partial charge on any atom is -0.481 e. The number of piperidine rings is 1. The van der Waals surface area contributed by atoms with Gasteiger partial charge in [0.25, 0.3) is 0 Å². The van der Waals surface area contributed by atoms with Crippen molar-refractivity contribution in [2.24, 2.45) is 11.8 Å². The van der Waals surface area contributed by atoms with Gasteiger partial charge in [-0.3, -0.25) is 14.9 Å². The van der Waals surface area contributed by atoms with E-state index in [1.807, 2.05) is 6.92 Å². The molecule has 0 amide bonds. The number of aryl methyl sites for hydroxylation is 1. The molecule has 1 aromatic heterocycles. The van der Waals surface area contributed by atoms with Gasteiger partial charge in [-0.1, -0.05) is 6.92 Å². The molecule has 1 N–H and O–H groups in total. The number of carboxylic acids is 1. The van der Waals surface area contributed by atoms with Crippen molar-refractivity contribution in [3.8, 4) is 0 Å². The Bertz CT molecular complexity index is 548. The molecule has 2 unspecified atom stereocenters. The van der Waals surface area contributed by atoms with Crippen LogP contribution in [0.4, 0.5) is 11.6 Å². The lowest BCUT2D eigenvalue weighted by molar-refractivity contribution is -0.386. The van der Waals surface area contributed by atoms with E-state index in [4.69, 9.17) is 5.11 Å². The van der Waals surface area contributed by atoms with Crippen molar-refractivity contribution in [2.45, 2.75) is 20.3 Å². The number of rotatable bonds is 3. The van der Waals surface area contributed by atoms with Gasteiger partial charge >= 0.3 is 11.7 Å². The standard InChI is InChI=1S/C12H16N4O4/c1-7-3-9(11(17)18)6-15(5-7)12-13-4-10(16(19)20)8(2)14-12/h4,7,9H,3,5-6H2,1-2H3,(H,17,18). The average Bonchev–Trinajstić information content (AvgIpc) is 2.37. The molecular weight excluding hydrogens is 264 g/mol. The van der Waals surface area contributed by atoms with Gasteiger partial charge in [0.15, 0.2) is 0 Å². The van der Waals surface area contributed by atoms with E-state index in [-0.39, 0.29) is 17.3 Å². The fourth-order valence-electron chi connectivity index (χ4n) is 2.47. The third-order valence-electron chi connectivity index (χ3n) is 3.43. The Morgan fingerprint density at radius 3 is 2.80 bits per heavy atom. The Morgan fingerprint density at radius 2 is 2.25 bits per heavy atom. The Kier molecular flexibility index (Phi) is 3.82. The molecule has 8 nitrogen and oxygen atoms in total. The molecule has 0 aliphatic carbocycles. The highest BCUT2D eigenvalue weighted by atomic mass is 16.6. The first-order valence-electron chi connectivity index (χ1n) is 6.34. The molecule has 0 spiro atoms. The van der Waals surface area contributed by atoms with E-state index in [0.29, 0.717) is 25.5 Å². The molecule has 2 atom stereocenters. The summed E-state index contributed by atoms with van der Waals surface area (Å²) in [5.41, 5.74) is 0.152. The van der Waals surface area contributed by atoms with Crippen molar-refractivity contribution in [1.29, 1.82) is 0 Å². The van der Waals surface area contributed by atoms with E-state index in [1.165, 1.54) is 6.20 Å². The molecule has 0 aromatic carbocycles. The van der Waals surface area contributed by atoms with Crippen LogP contribution in [0.25, 0.3) is 0 Å². The topological polar surface area (TPSA) is 109 Å². The lowest BCUT2D eigenvalue weighted by atomic mass is 9.91. The minimum absolute atomic E-state index is 0.131. The molecule has 2 heterocycles. The second kappa shape index (κ2) is 5.40. The molecule has 1 aliphatic rings. The summed E-state index contributed by atoms with van der Waals surface area (Å²) in [6.45, 7) is 4.50. The molecule has 1 saturated heterocycles. The van der Waals surface area contributed by atoms with Gasteiger partial charge in [0.05, 0.1) is 10.8 Å². The third-order valence-corrected chi connectivity index (χ3v) is 3.43. The van der Waals surface area contributed by atoms with E-state index < -0.39 is 16.8 Å². The Balaban J connectivity index is 2.24. The van der Waals surface area contributed by atoms with Crippen LogP contribution in [0.15, 0.2) is 6.20 Å². The van der Waals surface area contributed by atoms with Crippen LogP contribution in [0, 0.1) is 28.9 Å². The van der Waals surface area contributed by atoms with Gasteiger partial charge in [-0.05, 0) is 19.3 Å². The van der Waals surface area contributed by atoms with Gasteiger partial charge in [-0.2, -0.15) is 0 Å². The second-order valence-corrected chi connectivity index (χ2v) is 5.18. The number of carbonyl (C=O) groups is 1. The summed E-state index contributed by atoms with van der Waals surface area (Å²) in [7, 11) is 0. The van der Waals surface area contributed by atoms with E-state index in [2.05, 4.69) is 9.97 Å². The van der Waals surface area contributed by atoms with E-state index in [1.54, 1.807) is 11.8 Å². The summed E-state index contributed by atoms with van der Waals surface area (Å²) in [6.07, 6.45) is 1.80. The van der Waals surface area contributed by atoms with Gasteiger partial charge in [-0.25, -0.2) is 9.97 Å². The monoisotopic (exact) mass is 280 g/mol. The third kappa shape index (κ3) is 2.84. The molecule has 1 aliphatic heterocycles. The summed E-state index contributed by atoms with van der Waals surface area (Å²) in [6, 6.07) is 0. The first-order valence-corrected chi connectivity index (χ1v) is 6.34. The van der Waals surface area contributed by atoms with E-state index in [0.717, 1.165) is 0 Å². The average molecular weight is 280 g/mol. The van der Waals surface area contributed by atoms with Crippen LogP contribution >= 0.6 is 0 Å². The Labute approximate surface area is 115 Å². The van der Waals surface area contributed by atoms with Gasteiger partial charge in [-0.15, -0.1) is 0 Å². The van der Waals surface area contributed by atoms with Crippen LogP contribution in [-0.4, -0.2) is 39.1 Å². The van der Waals surface area contributed by atoms with Crippen molar-refractivity contribution < 1.29 is 14.8 Å². The molecule has 1 fully saturated rings. The highest BCUT2D eigenvalue weighted by molar-refractivity contribution is 5.71. The summed E-state index contributed by atoms with van der Waals surface area (Å²) in [5.74, 6) is -0.729. The Hall–Kier alpha value is -2.25. The molecule has 2 rings (SSSR count). The molecule has 1 aromatic rings. The highest BCUT2D eigenvalue weighted by Gasteiger charge is 2.31. The number of nitrogens with zero attached hydrogens (tertiary/aromatic N) is 4. The van der Waals surface area contributed by atoms with Crippen molar-refractivity contribution in [3.63, 3.8) is 0 Å². The number of carboxylic acid groups (broad SMARTS) is 1. The lowest BCUT2D eigenvalue weighted by Crippen LogP contribution is -2.43. The number of hydrogen-bond acceptors (Lipinski definition) is 6. The van der Waals surface area contributed by atoms with Gasteiger partial charge in [0.1, 0.15) is 11.9 Å². The largest absolute Gasteiger partial charge is 0.481 e. The van der Waals surface area contributed by atoms with Crippen LogP contribution in [0.1, 0.15) is 19.0 Å². The smallest absolute Gasteiger partial charge is 0.308 e. The van der Waals surface area contributed by atoms with Crippen molar-refractivity contribution in [3.05, 3.63) is 22.0 Å². The van der Waals surface area contributed by atoms with Crippen molar-refractivity contribution in [2.75, 3.05) is 18.0 Å². The summed E-state index contributed by atoms with van der Waals surface area (Å²) in [4.78, 5) is 31.2. The fourth-order valence-corrected chi connectivity index (χ4v) is 2.47. The minimum atomic E-state index is -0.833. The molecule has 8 heteroatoms. The van der Waals surface area contributed by atoms with Crippen LogP contribution < -0.4 is 4.90 Å². The molecule has 0 saturated carbocycles. The van der Waals surface area contributed by atoms with Crippen molar-refractivity contribution in [1.82, 2.24) is 9.97 Å². The fraction of sp³-hybridized carbons (Fsp3) is 0.583. The van der Waals surface area contributed by atoms with Gasteiger partial charge in [0, 0.05) is 13.1 Å². The molecule has 20 heavy (non-hydrogen) atoms. The van der Waals surface area contributed by atoms with Crippen LogP contribution in [0.2, 0.25) is 0 Å². The summed E-state index contributed by atoms with van der Waals surface area (Å²) >= 11 is 0. The molecule has 0 bridgehead atoms. The maximum absolute atomic E-state index is 11.1. The summed E-state index contributed by atoms with van der Waals surface area (Å²) < 4.78 is 0. The number of nitro groups is 1. The zero-order valence-electron chi connectivity index (χ0n) is 11.3. The number of aliphatic carboxylic acids is 1. The maximum Gasteiger partial charge on any atom is 0.308 e. The van der Waals surface area contributed by atoms with Crippen LogP contribution in [0.5, 0.6) is 0 Å². The van der Waals surface area contributed by atoms with E-state index in [9.17, 15) is 14.9 Å². The van der Waals surface area contributed by atoms with Crippen molar-refractivity contribution >= 4 is 17.6 Å². The zero-order valence-corrected chi connectivity index (χ0v) is 11.3. The predicted octanol–water partition coefficient (Wildman–Crippen LogP) is 1.24. The molecular formula is C12H16N4O4. The first-order chi connectivity index (χ1) is 9.38. The number of aromatic nitrogens is 2. The normalized spacial score (nSPS) is 22.6.